The smallest absolute Gasteiger partial charge is 0.407 e. The summed E-state index contributed by atoms with van der Waals surface area (Å²) < 4.78 is 9.35. The predicted molar refractivity (Wildman–Crippen MR) is 83.2 cm³/mol. The van der Waals surface area contributed by atoms with Crippen LogP contribution in [0.25, 0.3) is 0 Å². The van der Waals surface area contributed by atoms with E-state index in [1.165, 1.54) is 58.5 Å². The standard InChI is InChI=1S/C16H31NO4/c1-3-4-5-6-7-8-9-10-11-12-13-21-15(18)14-17-16(19)20-2/h3-14H2,1-2H3,(H,17,19). The van der Waals surface area contributed by atoms with E-state index in [4.69, 9.17) is 4.74 Å². The van der Waals surface area contributed by atoms with E-state index in [9.17, 15) is 9.59 Å². The van der Waals surface area contributed by atoms with Gasteiger partial charge in [-0.15, -0.1) is 0 Å². The lowest BCUT2D eigenvalue weighted by Crippen LogP contribution is -2.30. The number of alkyl carbamates (subject to hydrolysis) is 1. The maximum Gasteiger partial charge on any atom is 0.407 e. The molecule has 0 fully saturated rings. The van der Waals surface area contributed by atoms with Crippen LogP contribution in [-0.2, 0) is 14.3 Å². The minimum absolute atomic E-state index is 0.134. The lowest BCUT2D eigenvalue weighted by Gasteiger charge is -2.06. The van der Waals surface area contributed by atoms with Gasteiger partial charge in [-0.05, 0) is 6.42 Å². The van der Waals surface area contributed by atoms with E-state index in [0.29, 0.717) is 6.61 Å². The van der Waals surface area contributed by atoms with E-state index < -0.39 is 12.1 Å². The zero-order chi connectivity index (χ0) is 15.8. The largest absolute Gasteiger partial charge is 0.464 e. The van der Waals surface area contributed by atoms with E-state index in [2.05, 4.69) is 17.0 Å². The molecule has 0 aliphatic carbocycles. The molecule has 0 bridgehead atoms. The highest BCUT2D eigenvalue weighted by Crippen LogP contribution is 2.10. The molecule has 0 unspecified atom stereocenters. The van der Waals surface area contributed by atoms with Crippen LogP contribution < -0.4 is 5.32 Å². The summed E-state index contributed by atoms with van der Waals surface area (Å²) in [7, 11) is 1.25. The number of methoxy groups -OCH3 is 1. The average Bonchev–Trinajstić information content (AvgIpc) is 2.50. The van der Waals surface area contributed by atoms with Gasteiger partial charge in [-0.3, -0.25) is 4.79 Å². The van der Waals surface area contributed by atoms with Gasteiger partial charge in [0.25, 0.3) is 0 Å². The molecule has 0 rings (SSSR count). The van der Waals surface area contributed by atoms with Gasteiger partial charge in [-0.2, -0.15) is 0 Å². The van der Waals surface area contributed by atoms with Crippen molar-refractivity contribution in [2.45, 2.75) is 71.1 Å². The molecule has 5 nitrogen and oxygen atoms in total. The monoisotopic (exact) mass is 301 g/mol. The van der Waals surface area contributed by atoms with Crippen LogP contribution in [0.4, 0.5) is 4.79 Å². The highest BCUT2D eigenvalue weighted by molar-refractivity contribution is 5.77. The first kappa shape index (κ1) is 19.7. The van der Waals surface area contributed by atoms with Crippen LogP contribution in [0.2, 0.25) is 0 Å². The fourth-order valence-corrected chi connectivity index (χ4v) is 2.04. The summed E-state index contributed by atoms with van der Waals surface area (Å²) in [5.41, 5.74) is 0. The summed E-state index contributed by atoms with van der Waals surface area (Å²) in [4.78, 5) is 22.0. The molecule has 21 heavy (non-hydrogen) atoms. The quantitative estimate of drug-likeness (QED) is 0.415. The predicted octanol–water partition coefficient (Wildman–Crippen LogP) is 3.81. The third-order valence-electron chi connectivity index (χ3n) is 3.32. The third-order valence-corrected chi connectivity index (χ3v) is 3.32. The number of carbonyl (C=O) groups is 2. The van der Waals surface area contributed by atoms with E-state index >= 15 is 0 Å². The van der Waals surface area contributed by atoms with Gasteiger partial charge in [0.1, 0.15) is 6.54 Å². The molecule has 0 aromatic carbocycles. The van der Waals surface area contributed by atoms with Crippen molar-refractivity contribution >= 4 is 12.1 Å². The first-order valence-electron chi connectivity index (χ1n) is 8.18. The molecule has 0 atom stereocenters. The van der Waals surface area contributed by atoms with Crippen molar-refractivity contribution in [2.75, 3.05) is 20.3 Å². The molecule has 0 saturated heterocycles. The molecule has 0 aliphatic heterocycles. The maximum absolute atomic E-state index is 11.2. The van der Waals surface area contributed by atoms with Crippen molar-refractivity contribution < 1.29 is 19.1 Å². The van der Waals surface area contributed by atoms with Gasteiger partial charge in [0, 0.05) is 0 Å². The van der Waals surface area contributed by atoms with Crippen molar-refractivity contribution in [1.29, 1.82) is 0 Å². The molecule has 0 spiro atoms. The van der Waals surface area contributed by atoms with E-state index in [0.717, 1.165) is 12.8 Å². The van der Waals surface area contributed by atoms with Crippen molar-refractivity contribution in [3.05, 3.63) is 0 Å². The number of esters is 1. The molecule has 124 valence electrons. The van der Waals surface area contributed by atoms with E-state index in [-0.39, 0.29) is 6.54 Å². The lowest BCUT2D eigenvalue weighted by molar-refractivity contribution is -0.142. The number of ether oxygens (including phenoxy) is 2. The summed E-state index contributed by atoms with van der Waals surface area (Å²) in [6.45, 7) is 2.53. The molecule has 5 heteroatoms. The zero-order valence-electron chi connectivity index (χ0n) is 13.6. The topological polar surface area (TPSA) is 64.6 Å². The second-order valence-electron chi connectivity index (χ2n) is 5.25. The first-order valence-corrected chi connectivity index (χ1v) is 8.18. The molecule has 0 saturated carbocycles. The molecule has 1 amide bonds. The van der Waals surface area contributed by atoms with Gasteiger partial charge in [-0.1, -0.05) is 64.7 Å². The maximum atomic E-state index is 11.2. The number of nitrogens with one attached hydrogen (secondary N) is 1. The summed E-state index contributed by atoms with van der Waals surface area (Å²) in [6.07, 6.45) is 11.9. The molecule has 0 aromatic rings. The number of unbranched alkanes of at least 4 members (excludes halogenated alkanes) is 9. The van der Waals surface area contributed by atoms with Crippen molar-refractivity contribution in [3.8, 4) is 0 Å². The molecular formula is C16H31NO4. The Hall–Kier alpha value is -1.26. The van der Waals surface area contributed by atoms with E-state index in [1.807, 2.05) is 0 Å². The van der Waals surface area contributed by atoms with Gasteiger partial charge >= 0.3 is 12.1 Å². The number of rotatable bonds is 13. The number of hydrogen-bond acceptors (Lipinski definition) is 4. The Labute approximate surface area is 128 Å². The van der Waals surface area contributed by atoms with Crippen LogP contribution in [0.15, 0.2) is 0 Å². The lowest BCUT2D eigenvalue weighted by atomic mass is 10.1. The fourth-order valence-electron chi connectivity index (χ4n) is 2.04. The van der Waals surface area contributed by atoms with Gasteiger partial charge in [0.15, 0.2) is 0 Å². The first-order chi connectivity index (χ1) is 10.2. The van der Waals surface area contributed by atoms with Crippen LogP contribution in [0.1, 0.15) is 71.1 Å². The van der Waals surface area contributed by atoms with Gasteiger partial charge in [-0.25, -0.2) is 4.79 Å². The Morgan fingerprint density at radius 3 is 1.90 bits per heavy atom. The Bertz CT molecular complexity index is 269. The molecule has 1 N–H and O–H groups in total. The molecule has 0 aromatic heterocycles. The van der Waals surface area contributed by atoms with Crippen molar-refractivity contribution in [2.24, 2.45) is 0 Å². The Morgan fingerprint density at radius 2 is 1.38 bits per heavy atom. The summed E-state index contributed by atoms with van der Waals surface area (Å²) in [6, 6.07) is 0. The Kier molecular flexibility index (Phi) is 14.2. The summed E-state index contributed by atoms with van der Waals surface area (Å²) >= 11 is 0. The third kappa shape index (κ3) is 15.0. The normalized spacial score (nSPS) is 10.2. The van der Waals surface area contributed by atoms with Crippen LogP contribution >= 0.6 is 0 Å². The Morgan fingerprint density at radius 1 is 0.857 bits per heavy atom. The van der Waals surface area contributed by atoms with Crippen molar-refractivity contribution in [1.82, 2.24) is 5.32 Å². The van der Waals surface area contributed by atoms with Crippen LogP contribution in [0.5, 0.6) is 0 Å². The number of hydrogen-bond donors (Lipinski definition) is 1. The second-order valence-corrected chi connectivity index (χ2v) is 5.25. The van der Waals surface area contributed by atoms with E-state index in [1.54, 1.807) is 0 Å². The molecular weight excluding hydrogens is 270 g/mol. The summed E-state index contributed by atoms with van der Waals surface area (Å²) in [5, 5.41) is 2.29. The highest BCUT2D eigenvalue weighted by atomic mass is 16.5. The average molecular weight is 301 g/mol. The van der Waals surface area contributed by atoms with Gasteiger partial charge in [0.05, 0.1) is 13.7 Å². The second kappa shape index (κ2) is 15.1. The Balaban J connectivity index is 3.18. The number of carbonyl (C=O) groups excluding carboxylic acids is 2. The fraction of sp³-hybridized carbons (Fsp3) is 0.875. The van der Waals surface area contributed by atoms with Crippen LogP contribution in [-0.4, -0.2) is 32.3 Å². The number of amides is 1. The minimum atomic E-state index is -0.620. The molecule has 0 heterocycles. The molecule has 0 radical (unpaired) electrons. The molecule has 0 aliphatic rings. The minimum Gasteiger partial charge on any atom is -0.464 e. The van der Waals surface area contributed by atoms with Gasteiger partial charge < -0.3 is 14.8 Å². The highest BCUT2D eigenvalue weighted by Gasteiger charge is 2.05. The van der Waals surface area contributed by atoms with Gasteiger partial charge in [0.2, 0.25) is 0 Å². The summed E-state index contributed by atoms with van der Waals surface area (Å²) in [5.74, 6) is -0.420. The van der Waals surface area contributed by atoms with Crippen LogP contribution in [0.3, 0.4) is 0 Å². The zero-order valence-corrected chi connectivity index (χ0v) is 13.6. The SMILES string of the molecule is CCCCCCCCCCCCOC(=O)CNC(=O)OC. The van der Waals surface area contributed by atoms with Crippen molar-refractivity contribution in [3.63, 3.8) is 0 Å². The van der Waals surface area contributed by atoms with Crippen LogP contribution in [0, 0.1) is 0 Å².